The average molecular weight is 308 g/mol. The second kappa shape index (κ2) is 7.58. The standard InChI is InChI=1S/C17H25FN2O2/c1-4-22-13(3)17(21)19-14-7-9-20(10-8-14)16-11-12(2)5-6-15(16)18/h5-6,11,13-14H,4,7-10H2,1-3H3,(H,19,21)/t13-/m1/s1. The summed E-state index contributed by atoms with van der Waals surface area (Å²) in [6.07, 6.45) is 1.22. The Morgan fingerprint density at radius 3 is 2.77 bits per heavy atom. The molecular weight excluding hydrogens is 283 g/mol. The second-order valence-corrected chi connectivity index (χ2v) is 5.82. The molecule has 1 aliphatic rings. The maximum Gasteiger partial charge on any atom is 0.249 e. The van der Waals surface area contributed by atoms with Crippen LogP contribution in [0.5, 0.6) is 0 Å². The average Bonchev–Trinajstić information content (AvgIpc) is 2.51. The van der Waals surface area contributed by atoms with E-state index in [-0.39, 0.29) is 17.8 Å². The number of anilines is 1. The summed E-state index contributed by atoms with van der Waals surface area (Å²) in [5, 5.41) is 3.02. The van der Waals surface area contributed by atoms with E-state index in [1.54, 1.807) is 13.0 Å². The zero-order chi connectivity index (χ0) is 16.1. The first kappa shape index (κ1) is 16.7. The third-order valence-corrected chi connectivity index (χ3v) is 4.07. The lowest BCUT2D eigenvalue weighted by Crippen LogP contribution is -2.47. The van der Waals surface area contributed by atoms with E-state index in [0.29, 0.717) is 12.3 Å². The maximum atomic E-state index is 13.9. The molecule has 5 heteroatoms. The van der Waals surface area contributed by atoms with Gasteiger partial charge in [0, 0.05) is 25.7 Å². The number of piperidine rings is 1. The van der Waals surface area contributed by atoms with Gasteiger partial charge in [-0.05, 0) is 51.3 Å². The van der Waals surface area contributed by atoms with Crippen LogP contribution in [0.1, 0.15) is 32.3 Å². The molecule has 122 valence electrons. The summed E-state index contributed by atoms with van der Waals surface area (Å²) in [7, 11) is 0. The molecule has 0 bridgehead atoms. The number of nitrogens with one attached hydrogen (secondary N) is 1. The van der Waals surface area contributed by atoms with E-state index >= 15 is 0 Å². The lowest BCUT2D eigenvalue weighted by atomic mass is 10.0. The Morgan fingerprint density at radius 1 is 1.45 bits per heavy atom. The van der Waals surface area contributed by atoms with Crippen molar-refractivity contribution < 1.29 is 13.9 Å². The minimum absolute atomic E-state index is 0.0676. The molecular formula is C17H25FN2O2. The quantitative estimate of drug-likeness (QED) is 0.909. The molecule has 2 rings (SSSR count). The zero-order valence-corrected chi connectivity index (χ0v) is 13.6. The summed E-state index contributed by atoms with van der Waals surface area (Å²) in [5.74, 6) is -0.250. The number of aryl methyl sites for hydroxylation is 1. The molecule has 4 nitrogen and oxygen atoms in total. The number of amides is 1. The molecule has 1 heterocycles. The van der Waals surface area contributed by atoms with Gasteiger partial charge in [0.1, 0.15) is 11.9 Å². The number of benzene rings is 1. The molecule has 1 amide bonds. The number of hydrogen-bond acceptors (Lipinski definition) is 3. The highest BCUT2D eigenvalue weighted by Crippen LogP contribution is 2.24. The molecule has 22 heavy (non-hydrogen) atoms. The Bertz CT molecular complexity index is 513. The molecule has 1 aromatic carbocycles. The van der Waals surface area contributed by atoms with Gasteiger partial charge in [0.2, 0.25) is 5.91 Å². The Morgan fingerprint density at radius 2 is 2.14 bits per heavy atom. The summed E-state index contributed by atoms with van der Waals surface area (Å²) >= 11 is 0. The number of rotatable bonds is 5. The third-order valence-electron chi connectivity index (χ3n) is 4.07. The van der Waals surface area contributed by atoms with Crippen molar-refractivity contribution in [2.75, 3.05) is 24.6 Å². The van der Waals surface area contributed by atoms with Crippen LogP contribution < -0.4 is 10.2 Å². The summed E-state index contributed by atoms with van der Waals surface area (Å²) in [6.45, 7) is 7.61. The SMILES string of the molecule is CCO[C@H](C)C(=O)NC1CCN(c2cc(C)ccc2F)CC1. The van der Waals surface area contributed by atoms with Crippen molar-refractivity contribution in [1.82, 2.24) is 5.32 Å². The Balaban J connectivity index is 1.88. The predicted molar refractivity (Wildman–Crippen MR) is 85.6 cm³/mol. The zero-order valence-electron chi connectivity index (χ0n) is 13.6. The van der Waals surface area contributed by atoms with Gasteiger partial charge in [-0.3, -0.25) is 4.79 Å². The molecule has 0 aliphatic carbocycles. The van der Waals surface area contributed by atoms with Crippen molar-refractivity contribution in [1.29, 1.82) is 0 Å². The van der Waals surface area contributed by atoms with Gasteiger partial charge in [0.25, 0.3) is 0 Å². The van der Waals surface area contributed by atoms with Crippen LogP contribution in [0, 0.1) is 12.7 Å². The first-order valence-electron chi connectivity index (χ1n) is 7.94. The number of hydrogen-bond donors (Lipinski definition) is 1. The number of carbonyl (C=O) groups is 1. The largest absolute Gasteiger partial charge is 0.369 e. The van der Waals surface area contributed by atoms with Gasteiger partial charge in [-0.25, -0.2) is 4.39 Å². The minimum atomic E-state index is -0.419. The van der Waals surface area contributed by atoms with Gasteiger partial charge in [-0.1, -0.05) is 6.07 Å². The molecule has 0 spiro atoms. The highest BCUT2D eigenvalue weighted by molar-refractivity contribution is 5.80. The van der Waals surface area contributed by atoms with Crippen molar-refractivity contribution in [2.45, 2.75) is 45.8 Å². The molecule has 1 N–H and O–H groups in total. The Kier molecular flexibility index (Phi) is 5.77. The van der Waals surface area contributed by atoms with Crippen molar-refractivity contribution in [3.63, 3.8) is 0 Å². The molecule has 1 aromatic rings. The minimum Gasteiger partial charge on any atom is -0.369 e. The van der Waals surface area contributed by atoms with Crippen LogP contribution >= 0.6 is 0 Å². The summed E-state index contributed by atoms with van der Waals surface area (Å²) in [4.78, 5) is 14.0. The van der Waals surface area contributed by atoms with Gasteiger partial charge in [0.15, 0.2) is 0 Å². The topological polar surface area (TPSA) is 41.6 Å². The number of nitrogens with zero attached hydrogens (tertiary/aromatic N) is 1. The van der Waals surface area contributed by atoms with Crippen molar-refractivity contribution in [3.05, 3.63) is 29.6 Å². The fourth-order valence-electron chi connectivity index (χ4n) is 2.77. The maximum absolute atomic E-state index is 13.9. The van der Waals surface area contributed by atoms with Crippen LogP contribution in [0.4, 0.5) is 10.1 Å². The predicted octanol–water partition coefficient (Wildman–Crippen LogP) is 2.64. The van der Waals surface area contributed by atoms with E-state index < -0.39 is 6.10 Å². The highest BCUT2D eigenvalue weighted by atomic mass is 19.1. The molecule has 1 aliphatic heterocycles. The molecule has 0 radical (unpaired) electrons. The molecule has 0 unspecified atom stereocenters. The molecule has 0 saturated carbocycles. The summed E-state index contributed by atoms with van der Waals surface area (Å²) in [6, 6.07) is 5.31. The van der Waals surface area contributed by atoms with Crippen LogP contribution in [0.3, 0.4) is 0 Å². The smallest absolute Gasteiger partial charge is 0.249 e. The van der Waals surface area contributed by atoms with Crippen LogP contribution in [-0.2, 0) is 9.53 Å². The second-order valence-electron chi connectivity index (χ2n) is 5.82. The van der Waals surface area contributed by atoms with Gasteiger partial charge in [0.05, 0.1) is 5.69 Å². The number of ether oxygens (including phenoxy) is 1. The van der Waals surface area contributed by atoms with Crippen LogP contribution in [0.2, 0.25) is 0 Å². The first-order valence-corrected chi connectivity index (χ1v) is 7.94. The van der Waals surface area contributed by atoms with E-state index in [1.807, 2.05) is 19.9 Å². The summed E-state index contributed by atoms with van der Waals surface area (Å²) in [5.41, 5.74) is 1.71. The van der Waals surface area contributed by atoms with Gasteiger partial charge < -0.3 is 15.0 Å². The van der Waals surface area contributed by atoms with E-state index in [0.717, 1.165) is 31.5 Å². The monoisotopic (exact) mass is 308 g/mol. The van der Waals surface area contributed by atoms with Crippen molar-refractivity contribution in [2.24, 2.45) is 0 Å². The fraction of sp³-hybridized carbons (Fsp3) is 0.588. The number of carbonyl (C=O) groups excluding carboxylic acids is 1. The van der Waals surface area contributed by atoms with E-state index in [1.165, 1.54) is 6.07 Å². The van der Waals surface area contributed by atoms with Crippen LogP contribution in [0.15, 0.2) is 18.2 Å². The fourth-order valence-corrected chi connectivity index (χ4v) is 2.77. The van der Waals surface area contributed by atoms with Gasteiger partial charge in [-0.15, -0.1) is 0 Å². The lowest BCUT2D eigenvalue weighted by Gasteiger charge is -2.34. The van der Waals surface area contributed by atoms with E-state index in [2.05, 4.69) is 10.2 Å². The van der Waals surface area contributed by atoms with Crippen molar-refractivity contribution in [3.8, 4) is 0 Å². The molecule has 0 aromatic heterocycles. The first-order chi connectivity index (χ1) is 10.5. The van der Waals surface area contributed by atoms with Crippen LogP contribution in [-0.4, -0.2) is 37.7 Å². The van der Waals surface area contributed by atoms with Crippen molar-refractivity contribution >= 4 is 11.6 Å². The van der Waals surface area contributed by atoms with Gasteiger partial charge in [-0.2, -0.15) is 0 Å². The summed E-state index contributed by atoms with van der Waals surface area (Å²) < 4.78 is 19.2. The molecule has 1 saturated heterocycles. The van der Waals surface area contributed by atoms with E-state index in [9.17, 15) is 9.18 Å². The Labute approximate surface area is 131 Å². The lowest BCUT2D eigenvalue weighted by molar-refractivity contribution is -0.132. The van der Waals surface area contributed by atoms with Gasteiger partial charge >= 0.3 is 0 Å². The molecule has 1 atom stereocenters. The third kappa shape index (κ3) is 4.19. The Hall–Kier alpha value is -1.62. The molecule has 1 fully saturated rings. The van der Waals surface area contributed by atoms with Crippen LogP contribution in [0.25, 0.3) is 0 Å². The normalized spacial score (nSPS) is 17.4. The number of halogens is 1. The van der Waals surface area contributed by atoms with E-state index in [4.69, 9.17) is 4.74 Å². The highest BCUT2D eigenvalue weighted by Gasteiger charge is 2.24.